The Morgan fingerprint density at radius 2 is 1.72 bits per heavy atom. The summed E-state index contributed by atoms with van der Waals surface area (Å²) >= 11 is 1.50. The van der Waals surface area contributed by atoms with Crippen molar-refractivity contribution < 1.29 is 19.4 Å². The fourth-order valence-electron chi connectivity index (χ4n) is 3.42. The van der Waals surface area contributed by atoms with E-state index in [4.69, 9.17) is 4.74 Å². The minimum absolute atomic E-state index is 0.0365. The molecule has 0 aliphatic carbocycles. The van der Waals surface area contributed by atoms with Gasteiger partial charge < -0.3 is 14.7 Å². The number of aliphatic carboxylic acids is 1. The molecule has 1 fully saturated rings. The Hall–Kier alpha value is -2.47. The molecule has 29 heavy (non-hydrogen) atoms. The number of carbonyl (C=O) groups is 2. The van der Waals surface area contributed by atoms with E-state index in [0.29, 0.717) is 5.75 Å². The molecule has 0 saturated carbocycles. The molecule has 3 rings (SSSR count). The Bertz CT molecular complexity index is 871. The van der Waals surface area contributed by atoms with Crippen molar-refractivity contribution in [3.63, 3.8) is 0 Å². The number of hydrogen-bond acceptors (Lipinski definition) is 4. The summed E-state index contributed by atoms with van der Waals surface area (Å²) in [5.41, 5.74) is 3.03. The number of hydrogen-bond donors (Lipinski definition) is 1. The number of nitrogens with zero attached hydrogens (tertiary/aromatic N) is 1. The van der Waals surface area contributed by atoms with Crippen molar-refractivity contribution in [3.8, 4) is 5.75 Å². The molecular weight excluding hydrogens is 386 g/mol. The average Bonchev–Trinajstić information content (AvgIpc) is 3.13. The predicted octanol–water partition coefficient (Wildman–Crippen LogP) is 4.26. The van der Waals surface area contributed by atoms with Crippen LogP contribution in [0.3, 0.4) is 0 Å². The summed E-state index contributed by atoms with van der Waals surface area (Å²) in [6.45, 7) is 6.45. The molecule has 1 amide bonds. The lowest BCUT2D eigenvalue weighted by Crippen LogP contribution is -2.43. The smallest absolute Gasteiger partial charge is 0.327 e. The van der Waals surface area contributed by atoms with Crippen LogP contribution in [0.15, 0.2) is 48.5 Å². The van der Waals surface area contributed by atoms with Gasteiger partial charge in [-0.3, -0.25) is 4.79 Å². The zero-order valence-corrected chi connectivity index (χ0v) is 18.0. The molecule has 1 saturated heterocycles. The second kappa shape index (κ2) is 8.49. The largest absolute Gasteiger partial charge is 0.497 e. The molecule has 5 nitrogen and oxygen atoms in total. The van der Waals surface area contributed by atoms with Crippen molar-refractivity contribution in [2.45, 2.75) is 44.0 Å². The molecule has 0 bridgehead atoms. The third-order valence-electron chi connectivity index (χ3n) is 5.15. The highest BCUT2D eigenvalue weighted by Gasteiger charge is 2.42. The molecule has 2 atom stereocenters. The van der Waals surface area contributed by atoms with E-state index in [-0.39, 0.29) is 23.1 Å². The molecule has 1 N–H and O–H groups in total. The molecule has 0 spiro atoms. The second-order valence-corrected chi connectivity index (χ2v) is 9.35. The molecule has 6 heteroatoms. The number of carboxylic acids is 1. The number of carboxylic acid groups (broad SMARTS) is 1. The fourth-order valence-corrected chi connectivity index (χ4v) is 4.86. The van der Waals surface area contributed by atoms with Gasteiger partial charge in [0.2, 0.25) is 5.91 Å². The van der Waals surface area contributed by atoms with Crippen LogP contribution >= 0.6 is 11.8 Å². The lowest BCUT2D eigenvalue weighted by Gasteiger charge is -2.28. The van der Waals surface area contributed by atoms with E-state index in [1.54, 1.807) is 19.2 Å². The van der Waals surface area contributed by atoms with E-state index in [2.05, 4.69) is 32.9 Å². The zero-order valence-electron chi connectivity index (χ0n) is 17.2. The Morgan fingerprint density at radius 1 is 1.10 bits per heavy atom. The van der Waals surface area contributed by atoms with Gasteiger partial charge in [0, 0.05) is 5.75 Å². The summed E-state index contributed by atoms with van der Waals surface area (Å²) in [7, 11) is 1.59. The molecule has 2 unspecified atom stereocenters. The van der Waals surface area contributed by atoms with Gasteiger partial charge in [-0.1, -0.05) is 57.2 Å². The maximum atomic E-state index is 13.1. The topological polar surface area (TPSA) is 66.8 Å². The van der Waals surface area contributed by atoms with Crippen LogP contribution in [0.1, 0.15) is 42.8 Å². The highest BCUT2D eigenvalue weighted by molar-refractivity contribution is 7.99. The van der Waals surface area contributed by atoms with Gasteiger partial charge in [0.25, 0.3) is 0 Å². The number of benzene rings is 2. The van der Waals surface area contributed by atoms with Crippen LogP contribution in [0.4, 0.5) is 0 Å². The van der Waals surface area contributed by atoms with Gasteiger partial charge in [-0.05, 0) is 34.2 Å². The first-order valence-electron chi connectivity index (χ1n) is 9.59. The summed E-state index contributed by atoms with van der Waals surface area (Å²) in [6.07, 6.45) is 0.158. The van der Waals surface area contributed by atoms with E-state index < -0.39 is 12.0 Å². The SMILES string of the molecule is COc1ccc(CC(=O)N2C(C(=O)O)CSC2c2ccc(C(C)(C)C)cc2)cc1. The van der Waals surface area contributed by atoms with Gasteiger partial charge in [-0.2, -0.15) is 0 Å². The predicted molar refractivity (Wildman–Crippen MR) is 115 cm³/mol. The summed E-state index contributed by atoms with van der Waals surface area (Å²) in [6, 6.07) is 14.6. The summed E-state index contributed by atoms with van der Waals surface area (Å²) in [5, 5.41) is 9.36. The standard InChI is InChI=1S/C23H27NO4S/c1-23(2,3)17-9-7-16(8-10-17)21-24(19(14-29-21)22(26)27)20(25)13-15-5-11-18(28-4)12-6-15/h5-12,19,21H,13-14H2,1-4H3,(H,26,27). The normalized spacial score (nSPS) is 19.2. The Balaban J connectivity index is 1.84. The van der Waals surface area contributed by atoms with E-state index >= 15 is 0 Å². The Labute approximate surface area is 176 Å². The van der Waals surface area contributed by atoms with Crippen molar-refractivity contribution in [2.75, 3.05) is 12.9 Å². The van der Waals surface area contributed by atoms with Crippen LogP contribution in [0.25, 0.3) is 0 Å². The number of rotatable bonds is 5. The van der Waals surface area contributed by atoms with Gasteiger partial charge in [0.15, 0.2) is 0 Å². The van der Waals surface area contributed by atoms with Crippen molar-refractivity contribution in [2.24, 2.45) is 0 Å². The number of methoxy groups -OCH3 is 1. The fraction of sp³-hybridized carbons (Fsp3) is 0.391. The molecule has 154 valence electrons. The summed E-state index contributed by atoms with van der Waals surface area (Å²) in [4.78, 5) is 26.4. The van der Waals surface area contributed by atoms with Crippen LogP contribution < -0.4 is 4.74 Å². The number of ether oxygens (including phenoxy) is 1. The summed E-state index contributed by atoms with van der Waals surface area (Å²) in [5.74, 6) is -0.0416. The van der Waals surface area contributed by atoms with Crippen molar-refractivity contribution >= 4 is 23.6 Å². The van der Waals surface area contributed by atoms with E-state index in [9.17, 15) is 14.7 Å². The van der Waals surface area contributed by atoms with E-state index in [1.165, 1.54) is 22.2 Å². The first-order chi connectivity index (χ1) is 13.7. The Morgan fingerprint density at radius 3 is 2.24 bits per heavy atom. The highest BCUT2D eigenvalue weighted by Crippen LogP contribution is 2.42. The van der Waals surface area contributed by atoms with E-state index in [0.717, 1.165) is 16.9 Å². The molecule has 0 radical (unpaired) electrons. The van der Waals surface area contributed by atoms with Gasteiger partial charge in [-0.25, -0.2) is 4.79 Å². The third kappa shape index (κ3) is 4.75. The molecule has 2 aromatic carbocycles. The van der Waals surface area contributed by atoms with Gasteiger partial charge >= 0.3 is 5.97 Å². The van der Waals surface area contributed by atoms with Gasteiger partial charge in [-0.15, -0.1) is 11.8 Å². The minimum atomic E-state index is -0.964. The number of amides is 1. The van der Waals surface area contributed by atoms with Gasteiger partial charge in [0.1, 0.15) is 17.2 Å². The maximum absolute atomic E-state index is 13.1. The zero-order chi connectivity index (χ0) is 21.2. The molecule has 2 aromatic rings. The van der Waals surface area contributed by atoms with Crippen LogP contribution in [0.5, 0.6) is 5.75 Å². The number of thioether (sulfide) groups is 1. The molecule has 1 aliphatic heterocycles. The van der Waals surface area contributed by atoms with Crippen LogP contribution in [-0.2, 0) is 21.4 Å². The lowest BCUT2D eigenvalue weighted by molar-refractivity contribution is -0.148. The van der Waals surface area contributed by atoms with Crippen LogP contribution in [0, 0.1) is 0 Å². The van der Waals surface area contributed by atoms with E-state index in [1.807, 2.05) is 24.3 Å². The average molecular weight is 414 g/mol. The van der Waals surface area contributed by atoms with Gasteiger partial charge in [0.05, 0.1) is 13.5 Å². The highest BCUT2D eigenvalue weighted by atomic mass is 32.2. The van der Waals surface area contributed by atoms with Crippen molar-refractivity contribution in [3.05, 3.63) is 65.2 Å². The van der Waals surface area contributed by atoms with Crippen molar-refractivity contribution in [1.29, 1.82) is 0 Å². The molecular formula is C23H27NO4S. The molecule has 1 aliphatic rings. The van der Waals surface area contributed by atoms with Crippen molar-refractivity contribution in [1.82, 2.24) is 4.90 Å². The quantitative estimate of drug-likeness (QED) is 0.793. The minimum Gasteiger partial charge on any atom is -0.497 e. The van der Waals surface area contributed by atoms with Crippen LogP contribution in [-0.4, -0.2) is 40.8 Å². The second-order valence-electron chi connectivity index (χ2n) is 8.24. The Kier molecular flexibility index (Phi) is 6.22. The lowest BCUT2D eigenvalue weighted by atomic mass is 9.86. The molecule has 1 heterocycles. The third-order valence-corrected chi connectivity index (χ3v) is 6.47. The number of carbonyl (C=O) groups excluding carboxylic acids is 1. The monoisotopic (exact) mass is 413 g/mol. The maximum Gasteiger partial charge on any atom is 0.327 e. The first kappa shape index (κ1) is 21.2. The summed E-state index contributed by atoms with van der Waals surface area (Å²) < 4.78 is 5.15. The first-order valence-corrected chi connectivity index (χ1v) is 10.6. The molecule has 0 aromatic heterocycles. The van der Waals surface area contributed by atoms with Crippen LogP contribution in [0.2, 0.25) is 0 Å².